The zero-order valence-electron chi connectivity index (χ0n) is 22.9. The van der Waals surface area contributed by atoms with Crippen molar-refractivity contribution in [1.29, 1.82) is 0 Å². The third-order valence-electron chi connectivity index (χ3n) is 8.76. The number of amides is 3. The van der Waals surface area contributed by atoms with Gasteiger partial charge in [0.15, 0.2) is 0 Å². The number of benzene rings is 1. The van der Waals surface area contributed by atoms with Gasteiger partial charge in [0, 0.05) is 25.7 Å². The van der Waals surface area contributed by atoms with Crippen LogP contribution in [0.25, 0.3) is 0 Å². The second-order valence-corrected chi connectivity index (χ2v) is 11.8. The van der Waals surface area contributed by atoms with Crippen LogP contribution in [0.5, 0.6) is 0 Å². The maximum Gasteiger partial charge on any atom is 0.249 e. The number of fused-ring (bicyclic) bond motifs is 2. The molecule has 8 nitrogen and oxygen atoms in total. The molecule has 2 saturated heterocycles. The van der Waals surface area contributed by atoms with Crippen molar-refractivity contribution < 1.29 is 24.2 Å². The van der Waals surface area contributed by atoms with E-state index in [4.69, 9.17) is 4.74 Å². The fourth-order valence-electron chi connectivity index (χ4n) is 6.92. The molecule has 0 radical (unpaired) electrons. The van der Waals surface area contributed by atoms with Gasteiger partial charge in [-0.25, -0.2) is 0 Å². The van der Waals surface area contributed by atoms with Crippen LogP contribution in [0.15, 0.2) is 54.6 Å². The largest absolute Gasteiger partial charge is 0.394 e. The Hall–Kier alpha value is -2.97. The number of carbonyl (C=O) groups is 3. The molecule has 4 aliphatic heterocycles. The van der Waals surface area contributed by atoms with Crippen LogP contribution in [0.1, 0.15) is 40.2 Å². The summed E-state index contributed by atoms with van der Waals surface area (Å²) in [5, 5.41) is 10.4. The highest BCUT2D eigenvalue weighted by Crippen LogP contribution is 2.58. The van der Waals surface area contributed by atoms with Gasteiger partial charge in [0.25, 0.3) is 0 Å². The number of rotatable bonds is 6. The van der Waals surface area contributed by atoms with Crippen molar-refractivity contribution in [2.75, 3.05) is 19.7 Å². The van der Waals surface area contributed by atoms with Gasteiger partial charge in [0.2, 0.25) is 17.7 Å². The molecule has 4 heterocycles. The highest BCUT2D eigenvalue weighted by Gasteiger charge is 2.75. The lowest BCUT2D eigenvalue weighted by atomic mass is 9.74. The number of ether oxygens (including phenoxy) is 1. The number of aliphatic hydroxyl groups excluding tert-OH is 1. The van der Waals surface area contributed by atoms with Crippen molar-refractivity contribution in [3.63, 3.8) is 0 Å². The standard InChI is InChI=1S/C30H39N3O5/c1-19(2)22(18-34)33-25-28(37)32(20(3)4)16-10-14-30(25)24(27(33)36)23-26(35)31(15-9-13-29(23,5)38-30)17-21-11-7-6-8-12-21/h6-14,19-20,22-25,34H,15-18H2,1-5H3/t22-,23-,24-,25?,29+,30-/m0/s1. The van der Waals surface area contributed by atoms with Crippen LogP contribution in [0, 0.1) is 17.8 Å². The molecule has 204 valence electrons. The Balaban J connectivity index is 1.63. The topological polar surface area (TPSA) is 90.4 Å². The van der Waals surface area contributed by atoms with E-state index in [1.165, 1.54) is 0 Å². The Bertz CT molecular complexity index is 1160. The lowest BCUT2D eigenvalue weighted by Gasteiger charge is -2.41. The lowest BCUT2D eigenvalue weighted by molar-refractivity contribution is -0.157. The van der Waals surface area contributed by atoms with E-state index in [-0.39, 0.29) is 36.3 Å². The molecule has 4 aliphatic rings. The second-order valence-electron chi connectivity index (χ2n) is 11.8. The van der Waals surface area contributed by atoms with E-state index in [9.17, 15) is 19.5 Å². The predicted molar refractivity (Wildman–Crippen MR) is 143 cm³/mol. The van der Waals surface area contributed by atoms with E-state index in [2.05, 4.69) is 0 Å². The highest BCUT2D eigenvalue weighted by atomic mass is 16.5. The van der Waals surface area contributed by atoms with Crippen LogP contribution < -0.4 is 0 Å². The number of likely N-dealkylation sites (tertiary alicyclic amines) is 1. The normalized spacial score (nSPS) is 33.5. The quantitative estimate of drug-likeness (QED) is 0.581. The van der Waals surface area contributed by atoms with Crippen LogP contribution in [-0.2, 0) is 25.7 Å². The van der Waals surface area contributed by atoms with Crippen molar-refractivity contribution >= 4 is 17.7 Å². The maximum atomic E-state index is 14.4. The van der Waals surface area contributed by atoms with Gasteiger partial charge in [-0.3, -0.25) is 14.4 Å². The predicted octanol–water partition coefficient (Wildman–Crippen LogP) is 2.38. The monoisotopic (exact) mass is 521 g/mol. The molecule has 0 bridgehead atoms. The summed E-state index contributed by atoms with van der Waals surface area (Å²) < 4.78 is 6.86. The van der Waals surface area contributed by atoms with Crippen molar-refractivity contribution in [3.8, 4) is 0 Å². The first-order valence-corrected chi connectivity index (χ1v) is 13.7. The van der Waals surface area contributed by atoms with E-state index < -0.39 is 35.1 Å². The summed E-state index contributed by atoms with van der Waals surface area (Å²) in [4.78, 5) is 48.0. The van der Waals surface area contributed by atoms with E-state index >= 15 is 0 Å². The number of hydrogen-bond acceptors (Lipinski definition) is 5. The lowest BCUT2D eigenvalue weighted by Crippen LogP contribution is -2.60. The average molecular weight is 522 g/mol. The van der Waals surface area contributed by atoms with Gasteiger partial charge >= 0.3 is 0 Å². The first-order chi connectivity index (χ1) is 18.1. The molecule has 38 heavy (non-hydrogen) atoms. The van der Waals surface area contributed by atoms with Crippen LogP contribution in [0.3, 0.4) is 0 Å². The minimum Gasteiger partial charge on any atom is -0.394 e. The molecule has 0 saturated carbocycles. The first-order valence-electron chi connectivity index (χ1n) is 13.7. The second kappa shape index (κ2) is 9.65. The summed E-state index contributed by atoms with van der Waals surface area (Å²) in [5.74, 6) is -2.46. The van der Waals surface area contributed by atoms with Crippen molar-refractivity contribution in [3.05, 3.63) is 60.2 Å². The van der Waals surface area contributed by atoms with Crippen LogP contribution in [0.4, 0.5) is 0 Å². The fraction of sp³-hybridized carbons (Fsp3) is 0.567. The first kappa shape index (κ1) is 26.6. The SMILES string of the molecule is CC(C)[C@H](CO)N1C(=O)[C@@H]2[C@H]3C(=O)N(Cc4ccccc4)CC=C[C@@]3(C)O[C@@]23C=CCN(C(C)C)C(=O)C13. The summed E-state index contributed by atoms with van der Waals surface area (Å²) in [6, 6.07) is 8.15. The summed E-state index contributed by atoms with van der Waals surface area (Å²) in [5.41, 5.74) is -1.37. The third kappa shape index (κ3) is 3.92. The van der Waals surface area contributed by atoms with E-state index in [0.717, 1.165) is 5.56 Å². The molecule has 0 aromatic heterocycles. The maximum absolute atomic E-state index is 14.4. The summed E-state index contributed by atoms with van der Waals surface area (Å²) in [6.07, 6.45) is 7.59. The van der Waals surface area contributed by atoms with E-state index in [1.54, 1.807) is 14.7 Å². The average Bonchev–Trinajstić information content (AvgIpc) is 3.13. The van der Waals surface area contributed by atoms with Gasteiger partial charge in [0.1, 0.15) is 11.6 Å². The molecule has 1 aromatic carbocycles. The van der Waals surface area contributed by atoms with Gasteiger partial charge in [0.05, 0.1) is 30.1 Å². The molecule has 1 N–H and O–H groups in total. The minimum absolute atomic E-state index is 0.0877. The summed E-state index contributed by atoms with van der Waals surface area (Å²) >= 11 is 0. The molecular weight excluding hydrogens is 482 g/mol. The molecule has 1 spiro atoms. The number of hydrogen-bond donors (Lipinski definition) is 1. The number of carbonyl (C=O) groups excluding carboxylic acids is 3. The summed E-state index contributed by atoms with van der Waals surface area (Å²) in [6.45, 7) is 10.5. The van der Waals surface area contributed by atoms with Gasteiger partial charge in [-0.05, 0) is 32.3 Å². The molecular formula is C30H39N3O5. The van der Waals surface area contributed by atoms with Gasteiger partial charge in [-0.1, -0.05) is 68.5 Å². The molecule has 8 heteroatoms. The van der Waals surface area contributed by atoms with Gasteiger partial charge in [-0.15, -0.1) is 0 Å². The molecule has 0 aliphatic carbocycles. The molecule has 5 rings (SSSR count). The van der Waals surface area contributed by atoms with E-state index in [0.29, 0.717) is 19.6 Å². The van der Waals surface area contributed by atoms with Crippen LogP contribution >= 0.6 is 0 Å². The fourth-order valence-corrected chi connectivity index (χ4v) is 6.92. The Morgan fingerprint density at radius 3 is 2.26 bits per heavy atom. The Morgan fingerprint density at radius 2 is 1.63 bits per heavy atom. The smallest absolute Gasteiger partial charge is 0.249 e. The van der Waals surface area contributed by atoms with Crippen LogP contribution in [-0.4, -0.2) is 86.6 Å². The van der Waals surface area contributed by atoms with Gasteiger partial charge < -0.3 is 24.5 Å². The molecule has 1 unspecified atom stereocenters. The molecule has 6 atom stereocenters. The zero-order valence-corrected chi connectivity index (χ0v) is 22.9. The number of nitrogens with zero attached hydrogens (tertiary/aromatic N) is 3. The van der Waals surface area contributed by atoms with Crippen molar-refractivity contribution in [2.45, 2.75) is 70.5 Å². The Morgan fingerprint density at radius 1 is 0.947 bits per heavy atom. The Labute approximate surface area is 224 Å². The molecule has 3 amide bonds. The molecule has 2 fully saturated rings. The Kier molecular flexibility index (Phi) is 6.76. The van der Waals surface area contributed by atoms with Crippen molar-refractivity contribution in [1.82, 2.24) is 14.7 Å². The van der Waals surface area contributed by atoms with E-state index in [1.807, 2.05) is 89.3 Å². The minimum atomic E-state index is -1.31. The third-order valence-corrected chi connectivity index (χ3v) is 8.76. The summed E-state index contributed by atoms with van der Waals surface area (Å²) in [7, 11) is 0. The highest BCUT2D eigenvalue weighted by molar-refractivity contribution is 6.00. The molecule has 1 aromatic rings. The van der Waals surface area contributed by atoms with Gasteiger partial charge in [-0.2, -0.15) is 0 Å². The van der Waals surface area contributed by atoms with Crippen LogP contribution in [0.2, 0.25) is 0 Å². The number of aliphatic hydroxyl groups is 1. The van der Waals surface area contributed by atoms with Crippen molar-refractivity contribution in [2.24, 2.45) is 17.8 Å². The zero-order chi connectivity index (χ0) is 27.4.